The van der Waals surface area contributed by atoms with Crippen LogP contribution in [0.5, 0.6) is 5.75 Å². The highest BCUT2D eigenvalue weighted by Gasteiger charge is 2.44. The van der Waals surface area contributed by atoms with E-state index in [2.05, 4.69) is 14.8 Å². The van der Waals surface area contributed by atoms with E-state index in [9.17, 15) is 22.4 Å². The molecule has 1 saturated heterocycles. The van der Waals surface area contributed by atoms with Gasteiger partial charge in [0.1, 0.15) is 12.4 Å². The van der Waals surface area contributed by atoms with Crippen molar-refractivity contribution in [3.63, 3.8) is 0 Å². The molecule has 19 heavy (non-hydrogen) atoms. The summed E-state index contributed by atoms with van der Waals surface area (Å²) >= 11 is 0. The first-order chi connectivity index (χ1) is 8.90. The molecule has 1 aliphatic rings. The third kappa shape index (κ3) is 2.88. The fourth-order valence-electron chi connectivity index (χ4n) is 1.60. The average Bonchev–Trinajstić information content (AvgIpc) is 2.76. The van der Waals surface area contributed by atoms with E-state index >= 15 is 0 Å². The van der Waals surface area contributed by atoms with Crippen LogP contribution in [0.25, 0.3) is 0 Å². The molecule has 0 spiro atoms. The van der Waals surface area contributed by atoms with Gasteiger partial charge in [0, 0.05) is 5.56 Å². The highest BCUT2D eigenvalue weighted by Crippen LogP contribution is 2.33. The maximum atomic E-state index is 12.9. The lowest BCUT2D eigenvalue weighted by Crippen LogP contribution is -2.34. The normalized spacial score (nSPS) is 19.2. The Balaban J connectivity index is 2.24. The van der Waals surface area contributed by atoms with Crippen molar-refractivity contribution in [1.82, 2.24) is 5.32 Å². The lowest BCUT2D eigenvalue weighted by Gasteiger charge is -2.20. The highest BCUT2D eigenvalue weighted by atomic mass is 19.3. The first kappa shape index (κ1) is 13.4. The molecule has 4 nitrogen and oxygen atoms in total. The molecule has 0 unspecified atom stereocenters. The van der Waals surface area contributed by atoms with Gasteiger partial charge in [0.15, 0.2) is 0 Å². The topological polar surface area (TPSA) is 47.6 Å². The van der Waals surface area contributed by atoms with Crippen LogP contribution >= 0.6 is 0 Å². The Morgan fingerprint density at radius 2 is 2.05 bits per heavy atom. The van der Waals surface area contributed by atoms with E-state index in [-0.39, 0.29) is 12.2 Å². The van der Waals surface area contributed by atoms with Crippen LogP contribution in [0.1, 0.15) is 11.6 Å². The van der Waals surface area contributed by atoms with Crippen LogP contribution in [0.2, 0.25) is 0 Å². The summed E-state index contributed by atoms with van der Waals surface area (Å²) in [5.74, 6) is -0.427. The van der Waals surface area contributed by atoms with Crippen molar-refractivity contribution in [2.45, 2.75) is 18.6 Å². The molecule has 0 bridgehead atoms. The van der Waals surface area contributed by atoms with Gasteiger partial charge in [-0.1, -0.05) is 18.2 Å². The molecule has 0 aromatic heterocycles. The van der Waals surface area contributed by atoms with Crippen molar-refractivity contribution < 1.29 is 31.8 Å². The molecule has 0 saturated carbocycles. The number of nitrogens with one attached hydrogen (secondary N) is 1. The summed E-state index contributed by atoms with van der Waals surface area (Å²) in [7, 11) is 0. The van der Waals surface area contributed by atoms with Crippen molar-refractivity contribution >= 4 is 6.09 Å². The fourth-order valence-corrected chi connectivity index (χ4v) is 1.60. The molecular weight excluding hydrogens is 270 g/mol. The Morgan fingerprint density at radius 1 is 1.37 bits per heavy atom. The van der Waals surface area contributed by atoms with Crippen LogP contribution in [0, 0.1) is 0 Å². The number of amides is 1. The van der Waals surface area contributed by atoms with Gasteiger partial charge in [-0.15, -0.1) is 0 Å². The summed E-state index contributed by atoms with van der Waals surface area (Å²) in [5, 5.41) is 2.35. The molecule has 0 radical (unpaired) electrons. The van der Waals surface area contributed by atoms with Gasteiger partial charge in [0.2, 0.25) is 0 Å². The number of para-hydroxylation sites is 1. The predicted molar refractivity (Wildman–Crippen MR) is 55.2 cm³/mol. The third-order valence-corrected chi connectivity index (χ3v) is 2.47. The third-order valence-electron chi connectivity index (χ3n) is 2.47. The monoisotopic (exact) mass is 279 g/mol. The van der Waals surface area contributed by atoms with Gasteiger partial charge in [-0.2, -0.15) is 17.6 Å². The Bertz CT molecular complexity index is 481. The van der Waals surface area contributed by atoms with Gasteiger partial charge < -0.3 is 14.8 Å². The Morgan fingerprint density at radius 3 is 2.63 bits per heavy atom. The number of carbonyl (C=O) groups excluding carboxylic acids is 1. The first-order valence-electron chi connectivity index (χ1n) is 5.27. The maximum absolute atomic E-state index is 12.9. The SMILES string of the molecule is O=C1N[C@H](c2ccccc2OC(F)(F)C(F)F)CO1. The zero-order chi connectivity index (χ0) is 14.0. The highest BCUT2D eigenvalue weighted by molar-refractivity contribution is 5.70. The van der Waals surface area contributed by atoms with E-state index in [4.69, 9.17) is 0 Å². The molecule has 1 amide bonds. The van der Waals surface area contributed by atoms with Crippen LogP contribution < -0.4 is 10.1 Å². The number of alkyl carbamates (subject to hydrolysis) is 1. The van der Waals surface area contributed by atoms with E-state index < -0.39 is 30.4 Å². The summed E-state index contributed by atoms with van der Waals surface area (Å²) in [5.41, 5.74) is 0.147. The van der Waals surface area contributed by atoms with E-state index in [1.165, 1.54) is 18.2 Å². The molecule has 1 aromatic rings. The largest absolute Gasteiger partial charge is 0.461 e. The minimum atomic E-state index is -4.60. The number of cyclic esters (lactones) is 1. The van der Waals surface area contributed by atoms with E-state index in [1.54, 1.807) is 0 Å². The van der Waals surface area contributed by atoms with Gasteiger partial charge in [-0.25, -0.2) is 4.79 Å². The number of benzene rings is 1. The maximum Gasteiger partial charge on any atom is 0.461 e. The molecule has 1 N–H and O–H groups in total. The smallest absolute Gasteiger partial charge is 0.447 e. The summed E-state index contributed by atoms with van der Waals surface area (Å²) in [6.07, 6.45) is -9.25. The van der Waals surface area contributed by atoms with Crippen LogP contribution in [-0.2, 0) is 4.74 Å². The minimum absolute atomic E-state index is 0.0839. The molecular formula is C11H9F4NO3. The second-order valence-electron chi connectivity index (χ2n) is 3.80. The second-order valence-corrected chi connectivity index (χ2v) is 3.80. The number of hydrogen-bond acceptors (Lipinski definition) is 3. The minimum Gasteiger partial charge on any atom is -0.447 e. The van der Waals surface area contributed by atoms with Crippen LogP contribution in [0.15, 0.2) is 24.3 Å². The predicted octanol–water partition coefficient (Wildman–Crippen LogP) is 2.70. The van der Waals surface area contributed by atoms with Gasteiger partial charge in [-0.3, -0.25) is 0 Å². The summed E-state index contributed by atoms with van der Waals surface area (Å²) in [4.78, 5) is 10.9. The molecule has 2 rings (SSSR count). The van der Waals surface area contributed by atoms with Crippen molar-refractivity contribution in [2.24, 2.45) is 0 Å². The van der Waals surface area contributed by atoms with Crippen molar-refractivity contribution in [1.29, 1.82) is 0 Å². The lowest BCUT2D eigenvalue weighted by molar-refractivity contribution is -0.253. The van der Waals surface area contributed by atoms with Crippen LogP contribution in [0.3, 0.4) is 0 Å². The Kier molecular flexibility index (Phi) is 3.50. The number of carbonyl (C=O) groups is 1. The zero-order valence-electron chi connectivity index (χ0n) is 9.41. The number of halogens is 4. The van der Waals surface area contributed by atoms with Gasteiger partial charge in [0.25, 0.3) is 0 Å². The van der Waals surface area contributed by atoms with Crippen molar-refractivity contribution in [3.05, 3.63) is 29.8 Å². The van der Waals surface area contributed by atoms with Gasteiger partial charge in [-0.05, 0) is 6.07 Å². The van der Waals surface area contributed by atoms with Gasteiger partial charge in [0.05, 0.1) is 6.04 Å². The number of ether oxygens (including phenoxy) is 2. The van der Waals surface area contributed by atoms with Crippen LogP contribution in [0.4, 0.5) is 22.4 Å². The van der Waals surface area contributed by atoms with E-state index in [0.717, 1.165) is 6.07 Å². The zero-order valence-corrected chi connectivity index (χ0v) is 9.41. The Hall–Kier alpha value is -1.99. The summed E-state index contributed by atoms with van der Waals surface area (Å²) in [6, 6.07) is 4.66. The average molecular weight is 279 g/mol. The van der Waals surface area contributed by atoms with Gasteiger partial charge >= 0.3 is 18.6 Å². The molecule has 1 aliphatic heterocycles. The second kappa shape index (κ2) is 4.94. The summed E-state index contributed by atoms with van der Waals surface area (Å²) < 4.78 is 58.6. The number of rotatable bonds is 4. The first-order valence-corrected chi connectivity index (χ1v) is 5.27. The molecule has 1 fully saturated rings. The molecule has 0 aliphatic carbocycles. The molecule has 1 aromatic carbocycles. The molecule has 1 heterocycles. The number of alkyl halides is 4. The molecule has 104 valence electrons. The summed E-state index contributed by atoms with van der Waals surface area (Å²) in [6.45, 7) is -0.0839. The molecule has 8 heteroatoms. The van der Waals surface area contributed by atoms with Crippen molar-refractivity contribution in [3.8, 4) is 5.75 Å². The van der Waals surface area contributed by atoms with E-state index in [0.29, 0.717) is 0 Å². The quantitative estimate of drug-likeness (QED) is 0.862. The van der Waals surface area contributed by atoms with E-state index in [1.807, 2.05) is 0 Å². The number of hydrogen-bond donors (Lipinski definition) is 1. The van der Waals surface area contributed by atoms with Crippen molar-refractivity contribution in [2.75, 3.05) is 6.61 Å². The fraction of sp³-hybridized carbons (Fsp3) is 0.364. The van der Waals surface area contributed by atoms with Crippen LogP contribution in [-0.4, -0.2) is 25.2 Å². The standard InChI is InChI=1S/C11H9F4NO3/c12-9(13)11(14,15)19-8-4-2-1-3-6(8)7-5-18-10(17)16-7/h1-4,7,9H,5H2,(H,16,17)/t7-/m0/s1. The lowest BCUT2D eigenvalue weighted by atomic mass is 10.1. The molecule has 1 atom stereocenters. The Labute approximate surface area is 105 Å².